The van der Waals surface area contributed by atoms with Crippen molar-refractivity contribution in [2.45, 2.75) is 44.9 Å². The minimum Gasteiger partial charge on any atom is -0.476 e. The van der Waals surface area contributed by atoms with Gasteiger partial charge in [0.1, 0.15) is 11.6 Å². The summed E-state index contributed by atoms with van der Waals surface area (Å²) in [5.74, 6) is -0.0560. The molecule has 5 heteroatoms. The van der Waals surface area contributed by atoms with Gasteiger partial charge in [0, 0.05) is 5.56 Å². The summed E-state index contributed by atoms with van der Waals surface area (Å²) >= 11 is 0. The summed E-state index contributed by atoms with van der Waals surface area (Å²) in [5, 5.41) is 9.20. The topological polar surface area (TPSA) is 89.1 Å². The van der Waals surface area contributed by atoms with E-state index in [-0.39, 0.29) is 11.6 Å². The Morgan fingerprint density at radius 2 is 1.94 bits per heavy atom. The van der Waals surface area contributed by atoms with Gasteiger partial charge in [-0.15, -0.1) is 0 Å². The van der Waals surface area contributed by atoms with Gasteiger partial charge in [-0.05, 0) is 25.7 Å². The number of carboxylic acids is 1. The van der Waals surface area contributed by atoms with Gasteiger partial charge in [0.15, 0.2) is 5.69 Å². The minimum atomic E-state index is -1.01. The number of hydrogen-bond donors (Lipinski definition) is 2. The lowest BCUT2D eigenvalue weighted by molar-refractivity contribution is 0.0687. The van der Waals surface area contributed by atoms with E-state index in [9.17, 15) is 9.90 Å². The van der Waals surface area contributed by atoms with Gasteiger partial charge in [0.05, 0.1) is 0 Å². The summed E-state index contributed by atoms with van der Waals surface area (Å²) in [4.78, 5) is 19.3. The Labute approximate surface area is 100 Å². The van der Waals surface area contributed by atoms with Crippen LogP contribution in [-0.2, 0) is 0 Å². The van der Waals surface area contributed by atoms with Crippen LogP contribution >= 0.6 is 0 Å². The van der Waals surface area contributed by atoms with Crippen LogP contribution in [-0.4, -0.2) is 21.0 Å². The van der Waals surface area contributed by atoms with Crippen LogP contribution in [0.3, 0.4) is 0 Å². The largest absolute Gasteiger partial charge is 0.476 e. The molecule has 0 unspecified atom stereocenters. The number of aromatic nitrogens is 2. The number of anilines is 1. The number of carboxylic acid groups (broad SMARTS) is 1. The quantitative estimate of drug-likeness (QED) is 0.819. The predicted molar refractivity (Wildman–Crippen MR) is 64.0 cm³/mol. The van der Waals surface area contributed by atoms with Crippen molar-refractivity contribution in [3.8, 4) is 0 Å². The van der Waals surface area contributed by atoms with Gasteiger partial charge in [-0.2, -0.15) is 0 Å². The number of nitrogens with zero attached hydrogens (tertiary/aromatic N) is 2. The van der Waals surface area contributed by atoms with Crippen LogP contribution < -0.4 is 5.73 Å². The first kappa shape index (κ1) is 11.8. The van der Waals surface area contributed by atoms with Crippen LogP contribution in [0, 0.1) is 6.92 Å². The summed E-state index contributed by atoms with van der Waals surface area (Å²) in [6.45, 7) is 1.66. The number of nitrogens with two attached hydrogens (primary N) is 1. The van der Waals surface area contributed by atoms with Gasteiger partial charge in [-0.3, -0.25) is 0 Å². The summed E-state index contributed by atoms with van der Waals surface area (Å²) < 4.78 is 0. The molecule has 1 saturated carbocycles. The lowest BCUT2D eigenvalue weighted by atomic mass is 9.83. The number of aryl methyl sites for hydroxylation is 1. The van der Waals surface area contributed by atoms with Crippen molar-refractivity contribution in [3.63, 3.8) is 0 Å². The van der Waals surface area contributed by atoms with Gasteiger partial charge in [0.2, 0.25) is 0 Å². The molecule has 0 aromatic carbocycles. The third-order valence-corrected chi connectivity index (χ3v) is 3.30. The second-order valence-electron chi connectivity index (χ2n) is 4.56. The zero-order valence-corrected chi connectivity index (χ0v) is 9.94. The van der Waals surface area contributed by atoms with Crippen molar-refractivity contribution in [3.05, 3.63) is 17.1 Å². The standard InChI is InChI=1S/C12H17N3O2/c1-7-14-10(12(16)17)9(11(13)15-7)8-5-3-2-4-6-8/h8H,2-6H2,1H3,(H,16,17)(H2,13,14,15). The molecule has 1 aromatic rings. The van der Waals surface area contributed by atoms with Crippen molar-refractivity contribution in [2.75, 3.05) is 5.73 Å². The maximum absolute atomic E-state index is 11.2. The molecule has 3 N–H and O–H groups in total. The summed E-state index contributed by atoms with van der Waals surface area (Å²) in [6.07, 6.45) is 5.42. The third-order valence-electron chi connectivity index (χ3n) is 3.30. The highest BCUT2D eigenvalue weighted by molar-refractivity contribution is 5.88. The second kappa shape index (κ2) is 4.69. The molecule has 1 aromatic heterocycles. The molecule has 0 spiro atoms. The molecule has 2 rings (SSSR count). The smallest absolute Gasteiger partial charge is 0.355 e. The highest BCUT2D eigenvalue weighted by Gasteiger charge is 2.25. The number of carbonyl (C=O) groups is 1. The first-order valence-corrected chi connectivity index (χ1v) is 5.97. The molecule has 0 radical (unpaired) electrons. The molecule has 0 aliphatic heterocycles. The first-order valence-electron chi connectivity index (χ1n) is 5.97. The molecular formula is C12H17N3O2. The van der Waals surface area contributed by atoms with Crippen molar-refractivity contribution >= 4 is 11.8 Å². The van der Waals surface area contributed by atoms with Crippen molar-refractivity contribution < 1.29 is 9.90 Å². The fraction of sp³-hybridized carbons (Fsp3) is 0.583. The molecule has 1 aliphatic rings. The Kier molecular flexibility index (Phi) is 3.26. The zero-order valence-electron chi connectivity index (χ0n) is 9.94. The second-order valence-corrected chi connectivity index (χ2v) is 4.56. The van der Waals surface area contributed by atoms with Gasteiger partial charge in [-0.1, -0.05) is 19.3 Å². The molecule has 0 saturated heterocycles. The van der Waals surface area contributed by atoms with Crippen LogP contribution in [0.25, 0.3) is 0 Å². The highest BCUT2D eigenvalue weighted by Crippen LogP contribution is 2.36. The monoisotopic (exact) mass is 235 g/mol. The van der Waals surface area contributed by atoms with E-state index in [4.69, 9.17) is 5.73 Å². The molecule has 1 heterocycles. The van der Waals surface area contributed by atoms with E-state index in [2.05, 4.69) is 9.97 Å². The molecule has 1 aliphatic carbocycles. The number of nitrogen functional groups attached to an aromatic ring is 1. The molecule has 5 nitrogen and oxygen atoms in total. The SMILES string of the molecule is Cc1nc(N)c(C2CCCCC2)c(C(=O)O)n1. The maximum atomic E-state index is 11.2. The Morgan fingerprint density at radius 1 is 1.29 bits per heavy atom. The summed E-state index contributed by atoms with van der Waals surface area (Å²) in [6, 6.07) is 0. The van der Waals surface area contributed by atoms with Crippen LogP contribution in [0.4, 0.5) is 5.82 Å². The van der Waals surface area contributed by atoms with Crippen molar-refractivity contribution in [2.24, 2.45) is 0 Å². The molecule has 17 heavy (non-hydrogen) atoms. The fourth-order valence-electron chi connectivity index (χ4n) is 2.56. The molecule has 92 valence electrons. The van der Waals surface area contributed by atoms with Crippen LogP contribution in [0.15, 0.2) is 0 Å². The highest BCUT2D eigenvalue weighted by atomic mass is 16.4. The van der Waals surface area contributed by atoms with Gasteiger partial charge in [-0.25, -0.2) is 14.8 Å². The van der Waals surface area contributed by atoms with Gasteiger partial charge < -0.3 is 10.8 Å². The van der Waals surface area contributed by atoms with Gasteiger partial charge >= 0.3 is 5.97 Å². The Morgan fingerprint density at radius 3 is 2.53 bits per heavy atom. The van der Waals surface area contributed by atoms with Crippen LogP contribution in [0.2, 0.25) is 0 Å². The predicted octanol–water partition coefficient (Wildman–Crippen LogP) is 2.11. The first-order chi connectivity index (χ1) is 8.09. The molecule has 0 amide bonds. The van der Waals surface area contributed by atoms with E-state index in [0.717, 1.165) is 25.7 Å². The number of hydrogen-bond acceptors (Lipinski definition) is 4. The molecular weight excluding hydrogens is 218 g/mol. The van der Waals surface area contributed by atoms with E-state index in [1.54, 1.807) is 6.92 Å². The molecule has 1 fully saturated rings. The van der Waals surface area contributed by atoms with E-state index in [1.165, 1.54) is 6.42 Å². The normalized spacial score (nSPS) is 17.0. The third kappa shape index (κ3) is 2.38. The average molecular weight is 235 g/mol. The average Bonchev–Trinajstić information content (AvgIpc) is 2.29. The molecule has 0 atom stereocenters. The van der Waals surface area contributed by atoms with Gasteiger partial charge in [0.25, 0.3) is 0 Å². The molecule has 0 bridgehead atoms. The van der Waals surface area contributed by atoms with E-state index >= 15 is 0 Å². The maximum Gasteiger partial charge on any atom is 0.355 e. The Balaban J connectivity index is 2.46. The Bertz CT molecular complexity index is 440. The van der Waals surface area contributed by atoms with Crippen molar-refractivity contribution in [1.82, 2.24) is 9.97 Å². The van der Waals surface area contributed by atoms with E-state index < -0.39 is 5.97 Å². The number of aromatic carboxylic acids is 1. The summed E-state index contributed by atoms with van der Waals surface area (Å²) in [7, 11) is 0. The lowest BCUT2D eigenvalue weighted by Gasteiger charge is -2.23. The van der Waals surface area contributed by atoms with E-state index in [0.29, 0.717) is 17.2 Å². The van der Waals surface area contributed by atoms with Crippen LogP contribution in [0.1, 0.15) is 59.9 Å². The Hall–Kier alpha value is -1.65. The zero-order chi connectivity index (χ0) is 12.4. The van der Waals surface area contributed by atoms with Crippen molar-refractivity contribution in [1.29, 1.82) is 0 Å². The van der Waals surface area contributed by atoms with Crippen LogP contribution in [0.5, 0.6) is 0 Å². The number of rotatable bonds is 2. The summed E-state index contributed by atoms with van der Waals surface area (Å²) in [5.41, 5.74) is 6.60. The van der Waals surface area contributed by atoms with E-state index in [1.807, 2.05) is 0 Å². The minimum absolute atomic E-state index is 0.0851. The fourth-order valence-corrected chi connectivity index (χ4v) is 2.56. The lowest BCUT2D eigenvalue weighted by Crippen LogP contribution is -2.17.